The summed E-state index contributed by atoms with van der Waals surface area (Å²) in [6.07, 6.45) is 3.95. The third kappa shape index (κ3) is 2.90. The molecule has 1 saturated carbocycles. The molecule has 0 aromatic heterocycles. The first-order valence-electron chi connectivity index (χ1n) is 7.78. The number of aliphatic hydroxyl groups is 1. The number of benzene rings is 1. The molecule has 0 spiro atoms. The lowest BCUT2D eigenvalue weighted by Gasteiger charge is -2.41. The van der Waals surface area contributed by atoms with Gasteiger partial charge in [0.15, 0.2) is 0 Å². The molecular formula is C17H25NO2. The van der Waals surface area contributed by atoms with Gasteiger partial charge in [-0.15, -0.1) is 0 Å². The highest BCUT2D eigenvalue weighted by Crippen LogP contribution is 2.36. The van der Waals surface area contributed by atoms with Crippen LogP contribution in [0.1, 0.15) is 37.2 Å². The summed E-state index contributed by atoms with van der Waals surface area (Å²) in [7, 11) is 2.15. The molecule has 2 fully saturated rings. The maximum atomic E-state index is 10.4. The largest absolute Gasteiger partial charge is 0.391 e. The van der Waals surface area contributed by atoms with Crippen LogP contribution in [0.15, 0.2) is 30.3 Å². The van der Waals surface area contributed by atoms with E-state index in [1.165, 1.54) is 5.56 Å². The van der Waals surface area contributed by atoms with Gasteiger partial charge in [0.25, 0.3) is 0 Å². The quantitative estimate of drug-likeness (QED) is 0.919. The van der Waals surface area contributed by atoms with E-state index in [1.54, 1.807) is 0 Å². The Labute approximate surface area is 121 Å². The molecule has 2 aliphatic rings. The molecule has 1 saturated heterocycles. The van der Waals surface area contributed by atoms with Gasteiger partial charge in [0.05, 0.1) is 12.7 Å². The molecule has 3 rings (SSSR count). The predicted molar refractivity (Wildman–Crippen MR) is 79.8 cm³/mol. The van der Waals surface area contributed by atoms with Gasteiger partial charge < -0.3 is 9.84 Å². The van der Waals surface area contributed by atoms with Crippen molar-refractivity contribution < 1.29 is 9.84 Å². The summed E-state index contributed by atoms with van der Waals surface area (Å²) in [5.41, 5.74) is 1.42. The van der Waals surface area contributed by atoms with E-state index in [9.17, 15) is 5.11 Å². The number of nitrogens with zero attached hydrogens (tertiary/aromatic N) is 1. The Bertz CT molecular complexity index is 416. The zero-order valence-electron chi connectivity index (χ0n) is 12.2. The van der Waals surface area contributed by atoms with Crippen molar-refractivity contribution in [3.63, 3.8) is 0 Å². The second-order valence-corrected chi connectivity index (χ2v) is 6.24. The van der Waals surface area contributed by atoms with Gasteiger partial charge >= 0.3 is 0 Å². The highest BCUT2D eigenvalue weighted by atomic mass is 16.5. The van der Waals surface area contributed by atoms with Crippen molar-refractivity contribution in [1.29, 1.82) is 0 Å². The molecule has 1 aliphatic carbocycles. The molecule has 3 nitrogen and oxygen atoms in total. The van der Waals surface area contributed by atoms with Crippen LogP contribution in [-0.2, 0) is 4.74 Å². The first-order valence-corrected chi connectivity index (χ1v) is 7.78. The van der Waals surface area contributed by atoms with Gasteiger partial charge in [0.1, 0.15) is 0 Å². The summed E-state index contributed by atoms with van der Waals surface area (Å²) in [6, 6.07) is 11.5. The highest BCUT2D eigenvalue weighted by Gasteiger charge is 2.36. The molecule has 0 bridgehead atoms. The molecule has 1 aromatic rings. The molecule has 0 amide bonds. The molecule has 0 radical (unpaired) electrons. The first kappa shape index (κ1) is 14.1. The maximum absolute atomic E-state index is 10.4. The Hall–Kier alpha value is -0.900. The van der Waals surface area contributed by atoms with Crippen molar-refractivity contribution in [3.8, 4) is 0 Å². The van der Waals surface area contributed by atoms with E-state index >= 15 is 0 Å². The number of rotatable bonds is 3. The van der Waals surface area contributed by atoms with Crippen LogP contribution < -0.4 is 0 Å². The molecular weight excluding hydrogens is 250 g/mol. The number of ether oxygens (including phenoxy) is 1. The summed E-state index contributed by atoms with van der Waals surface area (Å²) < 4.78 is 5.49. The SMILES string of the molecule is CN(C1CCOC1)C1CC(c2ccccc2)CCC1O. The molecule has 1 N–H and O–H groups in total. The smallest absolute Gasteiger partial charge is 0.0695 e. The van der Waals surface area contributed by atoms with Gasteiger partial charge in [-0.05, 0) is 44.2 Å². The standard InChI is InChI=1S/C17H25NO2/c1-18(15-9-10-20-12-15)16-11-14(7-8-17(16)19)13-5-3-2-4-6-13/h2-6,14-17,19H,7-12H2,1H3. The fourth-order valence-corrected chi connectivity index (χ4v) is 3.71. The lowest BCUT2D eigenvalue weighted by Crippen LogP contribution is -2.49. The summed E-state index contributed by atoms with van der Waals surface area (Å²) in [5.74, 6) is 0.578. The Morgan fingerprint density at radius 3 is 2.65 bits per heavy atom. The number of aliphatic hydroxyl groups excluding tert-OH is 1. The van der Waals surface area contributed by atoms with Crippen molar-refractivity contribution in [2.75, 3.05) is 20.3 Å². The summed E-state index contributed by atoms with van der Waals surface area (Å²) in [6.45, 7) is 1.68. The number of likely N-dealkylation sites (N-methyl/N-ethyl adjacent to an activating group) is 1. The van der Waals surface area contributed by atoms with E-state index in [4.69, 9.17) is 4.74 Å². The van der Waals surface area contributed by atoms with Crippen LogP contribution in [0.3, 0.4) is 0 Å². The predicted octanol–water partition coefficient (Wildman–Crippen LogP) is 2.40. The normalized spacial score (nSPS) is 34.5. The molecule has 110 valence electrons. The first-order chi connectivity index (χ1) is 9.75. The van der Waals surface area contributed by atoms with Crippen molar-refractivity contribution in [1.82, 2.24) is 4.90 Å². The zero-order valence-corrected chi connectivity index (χ0v) is 12.2. The van der Waals surface area contributed by atoms with E-state index in [2.05, 4.69) is 42.3 Å². The van der Waals surface area contributed by atoms with Gasteiger partial charge in [-0.3, -0.25) is 4.90 Å². The number of hydrogen-bond acceptors (Lipinski definition) is 3. The molecule has 4 atom stereocenters. The van der Waals surface area contributed by atoms with Crippen LogP contribution in [0, 0.1) is 0 Å². The minimum Gasteiger partial charge on any atom is -0.391 e. The molecule has 1 heterocycles. The summed E-state index contributed by atoms with van der Waals surface area (Å²) in [5, 5.41) is 10.4. The Kier molecular flexibility index (Phi) is 4.39. The van der Waals surface area contributed by atoms with Gasteiger partial charge in [-0.25, -0.2) is 0 Å². The van der Waals surface area contributed by atoms with Crippen LogP contribution >= 0.6 is 0 Å². The van der Waals surface area contributed by atoms with Gasteiger partial charge in [-0.2, -0.15) is 0 Å². The third-order valence-corrected chi connectivity index (χ3v) is 5.06. The van der Waals surface area contributed by atoms with Gasteiger partial charge in [-0.1, -0.05) is 30.3 Å². The maximum Gasteiger partial charge on any atom is 0.0695 e. The van der Waals surface area contributed by atoms with E-state index in [1.807, 2.05) is 0 Å². The fraction of sp³-hybridized carbons (Fsp3) is 0.647. The van der Waals surface area contributed by atoms with Crippen LogP contribution in [0.25, 0.3) is 0 Å². The molecule has 4 unspecified atom stereocenters. The summed E-state index contributed by atoms with van der Waals surface area (Å²) >= 11 is 0. The molecule has 20 heavy (non-hydrogen) atoms. The second kappa shape index (κ2) is 6.25. The summed E-state index contributed by atoms with van der Waals surface area (Å²) in [4.78, 5) is 2.37. The Balaban J connectivity index is 1.70. The van der Waals surface area contributed by atoms with E-state index in [0.717, 1.165) is 38.9 Å². The average molecular weight is 275 g/mol. The van der Waals surface area contributed by atoms with Crippen LogP contribution in [-0.4, -0.2) is 48.5 Å². The molecule has 1 aliphatic heterocycles. The van der Waals surface area contributed by atoms with E-state index in [0.29, 0.717) is 12.0 Å². The van der Waals surface area contributed by atoms with Gasteiger partial charge in [0, 0.05) is 18.7 Å². The Morgan fingerprint density at radius 2 is 1.95 bits per heavy atom. The lowest BCUT2D eigenvalue weighted by atomic mass is 9.79. The van der Waals surface area contributed by atoms with Crippen molar-refractivity contribution in [2.24, 2.45) is 0 Å². The average Bonchev–Trinajstić information content (AvgIpc) is 3.02. The zero-order chi connectivity index (χ0) is 13.9. The van der Waals surface area contributed by atoms with Crippen molar-refractivity contribution in [2.45, 2.75) is 49.8 Å². The number of hydrogen-bond donors (Lipinski definition) is 1. The van der Waals surface area contributed by atoms with E-state index < -0.39 is 0 Å². The Morgan fingerprint density at radius 1 is 1.15 bits per heavy atom. The second-order valence-electron chi connectivity index (χ2n) is 6.24. The van der Waals surface area contributed by atoms with E-state index in [-0.39, 0.29) is 12.1 Å². The molecule has 1 aromatic carbocycles. The van der Waals surface area contributed by atoms with Gasteiger partial charge in [0.2, 0.25) is 0 Å². The monoisotopic (exact) mass is 275 g/mol. The lowest BCUT2D eigenvalue weighted by molar-refractivity contribution is 0.00466. The topological polar surface area (TPSA) is 32.7 Å². The minimum absolute atomic E-state index is 0.194. The fourth-order valence-electron chi connectivity index (χ4n) is 3.71. The van der Waals surface area contributed by atoms with Crippen LogP contribution in [0.4, 0.5) is 0 Å². The van der Waals surface area contributed by atoms with Crippen molar-refractivity contribution in [3.05, 3.63) is 35.9 Å². The minimum atomic E-state index is -0.194. The van der Waals surface area contributed by atoms with Crippen LogP contribution in [0.5, 0.6) is 0 Å². The highest BCUT2D eigenvalue weighted by molar-refractivity contribution is 5.20. The molecule has 3 heteroatoms. The van der Waals surface area contributed by atoms with Crippen molar-refractivity contribution >= 4 is 0 Å². The van der Waals surface area contributed by atoms with Crippen LogP contribution in [0.2, 0.25) is 0 Å². The third-order valence-electron chi connectivity index (χ3n) is 5.06.